The van der Waals surface area contributed by atoms with Crippen molar-refractivity contribution in [1.82, 2.24) is 5.32 Å². The maximum atomic E-state index is 13.0. The Kier molecular flexibility index (Phi) is 6.42. The van der Waals surface area contributed by atoms with Crippen molar-refractivity contribution in [1.29, 1.82) is 0 Å². The quantitative estimate of drug-likeness (QED) is 0.666. The van der Waals surface area contributed by atoms with Crippen molar-refractivity contribution in [3.05, 3.63) is 59.2 Å². The number of carbonyl (C=O) groups is 3. The van der Waals surface area contributed by atoms with E-state index in [4.69, 9.17) is 4.74 Å². The Balaban J connectivity index is 1.76. The van der Waals surface area contributed by atoms with Crippen LogP contribution < -0.4 is 10.6 Å². The van der Waals surface area contributed by atoms with Crippen LogP contribution in [0.2, 0.25) is 0 Å². The van der Waals surface area contributed by atoms with Crippen molar-refractivity contribution < 1.29 is 33.0 Å². The van der Waals surface area contributed by atoms with E-state index < -0.39 is 42.6 Å². The third-order valence-corrected chi connectivity index (χ3v) is 3.43. The molecule has 27 heavy (non-hydrogen) atoms. The number of amides is 2. The summed E-state index contributed by atoms with van der Waals surface area (Å²) in [6.07, 6.45) is 0. The number of phenolic OH excluding ortho intramolecular Hbond substituents is 1. The van der Waals surface area contributed by atoms with Crippen LogP contribution in [0.5, 0.6) is 5.75 Å². The van der Waals surface area contributed by atoms with Gasteiger partial charge in [0.05, 0.1) is 12.1 Å². The van der Waals surface area contributed by atoms with Crippen molar-refractivity contribution in [2.24, 2.45) is 0 Å². The van der Waals surface area contributed by atoms with Gasteiger partial charge >= 0.3 is 5.97 Å². The molecule has 0 unspecified atom stereocenters. The summed E-state index contributed by atoms with van der Waals surface area (Å²) in [6.45, 7) is 0.565. The molecule has 3 N–H and O–H groups in total. The largest absolute Gasteiger partial charge is 0.508 e. The molecule has 2 aromatic rings. The molecule has 0 aliphatic rings. The lowest BCUT2D eigenvalue weighted by Gasteiger charge is -2.08. The van der Waals surface area contributed by atoms with Crippen LogP contribution in [0.1, 0.15) is 15.9 Å². The van der Waals surface area contributed by atoms with Gasteiger partial charge in [0.15, 0.2) is 18.2 Å². The van der Waals surface area contributed by atoms with Gasteiger partial charge in [-0.3, -0.25) is 9.59 Å². The van der Waals surface area contributed by atoms with Gasteiger partial charge in [0.2, 0.25) is 5.91 Å². The average molecular weight is 378 g/mol. The summed E-state index contributed by atoms with van der Waals surface area (Å²) >= 11 is 0. The lowest BCUT2D eigenvalue weighted by Crippen LogP contribution is -2.35. The van der Waals surface area contributed by atoms with E-state index >= 15 is 0 Å². The number of ether oxygens (including phenoxy) is 1. The first-order valence-corrected chi connectivity index (χ1v) is 7.74. The number of carbonyl (C=O) groups excluding carboxylic acids is 3. The van der Waals surface area contributed by atoms with E-state index in [9.17, 15) is 28.3 Å². The molecule has 9 heteroatoms. The summed E-state index contributed by atoms with van der Waals surface area (Å²) in [6, 6.07) is 6.99. The first kappa shape index (κ1) is 19.8. The number of hydrogen-bond donors (Lipinski definition) is 3. The summed E-state index contributed by atoms with van der Waals surface area (Å²) in [5.41, 5.74) is 0.678. The standard InChI is InChI=1S/C18H16F2N2O5/c1-10-2-3-11(6-15(10)23)18(26)27-9-17(25)21-8-16(24)22-12-4-5-13(19)14(20)7-12/h2-7,23H,8-9H2,1H3,(H,21,25)(H,22,24). The maximum absolute atomic E-state index is 13.0. The molecule has 0 heterocycles. The topological polar surface area (TPSA) is 105 Å². The fourth-order valence-corrected chi connectivity index (χ4v) is 1.96. The minimum Gasteiger partial charge on any atom is -0.508 e. The number of nitrogens with one attached hydrogen (secondary N) is 2. The SMILES string of the molecule is Cc1ccc(C(=O)OCC(=O)NCC(=O)Nc2ccc(F)c(F)c2)cc1O. The zero-order valence-corrected chi connectivity index (χ0v) is 14.2. The second kappa shape index (κ2) is 8.75. The fourth-order valence-electron chi connectivity index (χ4n) is 1.96. The van der Waals surface area contributed by atoms with E-state index in [1.54, 1.807) is 6.92 Å². The molecule has 0 aromatic heterocycles. The third kappa shape index (κ3) is 5.77. The number of anilines is 1. The molecule has 2 aromatic carbocycles. The highest BCUT2D eigenvalue weighted by Crippen LogP contribution is 2.18. The number of halogens is 2. The van der Waals surface area contributed by atoms with Gasteiger partial charge in [-0.05, 0) is 36.8 Å². The Morgan fingerprint density at radius 3 is 2.44 bits per heavy atom. The molecular formula is C18H16F2N2O5. The number of esters is 1. The molecule has 2 rings (SSSR count). The van der Waals surface area contributed by atoms with Gasteiger partial charge in [0.25, 0.3) is 5.91 Å². The molecule has 0 radical (unpaired) electrons. The Bertz CT molecular complexity index is 886. The Morgan fingerprint density at radius 1 is 1.04 bits per heavy atom. The lowest BCUT2D eigenvalue weighted by molar-refractivity contribution is -0.126. The molecule has 7 nitrogen and oxygen atoms in total. The second-order valence-corrected chi connectivity index (χ2v) is 5.53. The number of aromatic hydroxyl groups is 1. The summed E-state index contributed by atoms with van der Waals surface area (Å²) in [5.74, 6) is -4.48. The number of aryl methyl sites for hydroxylation is 1. The van der Waals surface area contributed by atoms with Gasteiger partial charge < -0.3 is 20.5 Å². The van der Waals surface area contributed by atoms with Gasteiger partial charge in [-0.1, -0.05) is 6.07 Å². The van der Waals surface area contributed by atoms with Crippen LogP contribution in [0.25, 0.3) is 0 Å². The molecule has 0 aliphatic carbocycles. The molecule has 0 fully saturated rings. The molecule has 0 saturated carbocycles. The van der Waals surface area contributed by atoms with E-state index in [2.05, 4.69) is 10.6 Å². The van der Waals surface area contributed by atoms with E-state index in [1.807, 2.05) is 0 Å². The van der Waals surface area contributed by atoms with Crippen LogP contribution >= 0.6 is 0 Å². The van der Waals surface area contributed by atoms with E-state index in [-0.39, 0.29) is 17.0 Å². The summed E-state index contributed by atoms with van der Waals surface area (Å²) in [5, 5.41) is 14.0. The monoisotopic (exact) mass is 378 g/mol. The normalized spacial score (nSPS) is 10.2. The van der Waals surface area contributed by atoms with Crippen molar-refractivity contribution in [2.45, 2.75) is 6.92 Å². The van der Waals surface area contributed by atoms with Gasteiger partial charge in [0, 0.05) is 11.8 Å². The first-order chi connectivity index (χ1) is 12.8. The number of phenols is 1. The van der Waals surface area contributed by atoms with E-state index in [0.717, 1.165) is 18.2 Å². The fraction of sp³-hybridized carbons (Fsp3) is 0.167. The zero-order chi connectivity index (χ0) is 20.0. The predicted molar refractivity (Wildman–Crippen MR) is 91.1 cm³/mol. The van der Waals surface area contributed by atoms with Gasteiger partial charge in [-0.15, -0.1) is 0 Å². The van der Waals surface area contributed by atoms with Crippen molar-refractivity contribution in [3.63, 3.8) is 0 Å². The van der Waals surface area contributed by atoms with Crippen LogP contribution in [0, 0.1) is 18.6 Å². The average Bonchev–Trinajstić information content (AvgIpc) is 2.63. The second-order valence-electron chi connectivity index (χ2n) is 5.53. The van der Waals surface area contributed by atoms with Crippen molar-refractivity contribution in [3.8, 4) is 5.75 Å². The third-order valence-electron chi connectivity index (χ3n) is 3.43. The van der Waals surface area contributed by atoms with Crippen LogP contribution in [0.4, 0.5) is 14.5 Å². The predicted octanol–water partition coefficient (Wildman–Crippen LogP) is 1.89. The molecule has 0 atom stereocenters. The highest BCUT2D eigenvalue weighted by molar-refractivity contribution is 5.95. The smallest absolute Gasteiger partial charge is 0.338 e. The van der Waals surface area contributed by atoms with Crippen LogP contribution in [-0.4, -0.2) is 36.0 Å². The van der Waals surface area contributed by atoms with Gasteiger partial charge in [-0.25, -0.2) is 13.6 Å². The molecule has 0 aliphatic heterocycles. The summed E-state index contributed by atoms with van der Waals surface area (Å²) in [7, 11) is 0. The highest BCUT2D eigenvalue weighted by Gasteiger charge is 2.13. The van der Waals surface area contributed by atoms with Crippen molar-refractivity contribution in [2.75, 3.05) is 18.5 Å². The molecular weight excluding hydrogens is 362 g/mol. The Labute approximate surface area is 153 Å². The molecule has 0 bridgehead atoms. The Morgan fingerprint density at radius 2 is 1.78 bits per heavy atom. The van der Waals surface area contributed by atoms with Crippen LogP contribution in [0.15, 0.2) is 36.4 Å². The van der Waals surface area contributed by atoms with E-state index in [0.29, 0.717) is 5.56 Å². The summed E-state index contributed by atoms with van der Waals surface area (Å²) < 4.78 is 30.6. The molecule has 2 amide bonds. The van der Waals surface area contributed by atoms with Crippen LogP contribution in [-0.2, 0) is 14.3 Å². The minimum atomic E-state index is -1.12. The lowest BCUT2D eigenvalue weighted by atomic mass is 10.1. The number of rotatable bonds is 6. The minimum absolute atomic E-state index is 0.0266. The Hall–Kier alpha value is -3.49. The first-order valence-electron chi connectivity index (χ1n) is 7.74. The number of hydrogen-bond acceptors (Lipinski definition) is 5. The van der Waals surface area contributed by atoms with E-state index in [1.165, 1.54) is 18.2 Å². The highest BCUT2D eigenvalue weighted by atomic mass is 19.2. The van der Waals surface area contributed by atoms with Crippen molar-refractivity contribution >= 4 is 23.5 Å². The zero-order valence-electron chi connectivity index (χ0n) is 14.2. The molecule has 142 valence electrons. The van der Waals surface area contributed by atoms with Crippen LogP contribution in [0.3, 0.4) is 0 Å². The van der Waals surface area contributed by atoms with Gasteiger partial charge in [-0.2, -0.15) is 0 Å². The molecule has 0 spiro atoms. The maximum Gasteiger partial charge on any atom is 0.338 e. The number of benzene rings is 2. The van der Waals surface area contributed by atoms with Gasteiger partial charge in [0.1, 0.15) is 5.75 Å². The summed E-state index contributed by atoms with van der Waals surface area (Å²) in [4.78, 5) is 35.1. The molecule has 0 saturated heterocycles.